The highest BCUT2D eigenvalue weighted by molar-refractivity contribution is 5.79. The van der Waals surface area contributed by atoms with E-state index in [1.807, 2.05) is 0 Å². The Balaban J connectivity index is 1.76. The number of alkyl halides is 3. The normalized spacial score (nSPS) is 12.9. The predicted molar refractivity (Wildman–Crippen MR) is 101 cm³/mol. The van der Waals surface area contributed by atoms with E-state index < -0.39 is 23.6 Å². The molecule has 1 N–H and O–H groups in total. The average Bonchev–Trinajstić information content (AvgIpc) is 3.31. The first-order valence-electron chi connectivity index (χ1n) is 8.95. The maximum absolute atomic E-state index is 12.8. The van der Waals surface area contributed by atoms with Gasteiger partial charge in [0.15, 0.2) is 5.65 Å². The molecule has 3 aromatic heterocycles. The number of fused-ring (bicyclic) bond motifs is 1. The fourth-order valence-corrected chi connectivity index (χ4v) is 3.31. The van der Waals surface area contributed by atoms with Crippen molar-refractivity contribution in [3.8, 4) is 11.1 Å². The number of aryl methyl sites for hydroxylation is 1. The Morgan fingerprint density at radius 1 is 1.13 bits per heavy atom. The Bertz CT molecular complexity index is 1210. The highest BCUT2D eigenvalue weighted by Gasteiger charge is 2.30. The molecule has 0 spiro atoms. The van der Waals surface area contributed by atoms with E-state index in [1.54, 1.807) is 30.1 Å². The van der Waals surface area contributed by atoms with Gasteiger partial charge in [0.25, 0.3) is 0 Å². The number of halogens is 3. The second kappa shape index (κ2) is 7.29. The summed E-state index contributed by atoms with van der Waals surface area (Å²) in [6.07, 6.45) is 1.97. The number of carboxylic acid groups (broad SMARTS) is 1. The quantitative estimate of drug-likeness (QED) is 0.539. The molecule has 0 saturated heterocycles. The minimum Gasteiger partial charge on any atom is -0.481 e. The zero-order chi connectivity index (χ0) is 21.5. The Kier molecular flexibility index (Phi) is 4.76. The van der Waals surface area contributed by atoms with E-state index in [1.165, 1.54) is 29.0 Å². The first kappa shape index (κ1) is 19.6. The van der Waals surface area contributed by atoms with E-state index in [4.69, 9.17) is 0 Å². The van der Waals surface area contributed by atoms with E-state index in [-0.39, 0.29) is 6.42 Å². The molecule has 0 aliphatic heterocycles. The topological polar surface area (TPSA) is 85.3 Å². The van der Waals surface area contributed by atoms with Crippen molar-refractivity contribution >= 4 is 11.6 Å². The summed E-state index contributed by atoms with van der Waals surface area (Å²) in [5.41, 5.74) is 1.01. The number of aliphatic carboxylic acids is 1. The molecule has 7 nitrogen and oxygen atoms in total. The predicted octanol–water partition coefficient (Wildman–Crippen LogP) is 3.56. The summed E-state index contributed by atoms with van der Waals surface area (Å²) in [5, 5.41) is 14.1. The van der Waals surface area contributed by atoms with E-state index in [0.717, 1.165) is 12.1 Å². The van der Waals surface area contributed by atoms with Gasteiger partial charge in [-0.2, -0.15) is 18.3 Å². The minimum atomic E-state index is -4.43. The van der Waals surface area contributed by atoms with Gasteiger partial charge < -0.3 is 9.67 Å². The number of rotatable bonds is 5. The summed E-state index contributed by atoms with van der Waals surface area (Å²) < 4.78 is 41.6. The molecule has 10 heteroatoms. The summed E-state index contributed by atoms with van der Waals surface area (Å²) in [6, 6.07) is 6.24. The highest BCUT2D eigenvalue weighted by atomic mass is 19.4. The summed E-state index contributed by atoms with van der Waals surface area (Å²) in [7, 11) is 1.78. The zero-order valence-corrected chi connectivity index (χ0v) is 15.7. The third kappa shape index (κ3) is 3.51. The first-order chi connectivity index (χ1) is 14.3. The number of carboxylic acids is 1. The third-order valence-electron chi connectivity index (χ3n) is 4.92. The molecule has 0 aliphatic carbocycles. The molecular weight excluding hydrogens is 399 g/mol. The molecule has 1 unspecified atom stereocenters. The van der Waals surface area contributed by atoms with Gasteiger partial charge in [-0.05, 0) is 23.8 Å². The number of nitrogens with zero attached hydrogens (tertiary/aromatic N) is 5. The Morgan fingerprint density at radius 3 is 2.47 bits per heavy atom. The van der Waals surface area contributed by atoms with Crippen LogP contribution in [0.25, 0.3) is 16.8 Å². The van der Waals surface area contributed by atoms with Gasteiger partial charge in [0, 0.05) is 37.6 Å². The Morgan fingerprint density at radius 2 is 1.87 bits per heavy atom. The van der Waals surface area contributed by atoms with Gasteiger partial charge in [-0.15, -0.1) is 0 Å². The second-order valence-electron chi connectivity index (χ2n) is 6.79. The van der Waals surface area contributed by atoms with Crippen molar-refractivity contribution in [3.05, 3.63) is 72.2 Å². The number of aromatic nitrogens is 5. The number of hydrogen-bond donors (Lipinski definition) is 1. The van der Waals surface area contributed by atoms with Gasteiger partial charge in [0.2, 0.25) is 0 Å². The standard InChI is InChI=1S/C20H16F3N5O2/c1-27-9-8-24-17(27)10-14(19(29)30)16-6-7-25-18-15(11-26-28(16)18)12-2-4-13(5-3-12)20(21,22)23/h2-9,11,14H,10H2,1H3,(H,29,30). The van der Waals surface area contributed by atoms with Crippen LogP contribution >= 0.6 is 0 Å². The Hall–Kier alpha value is -3.69. The first-order valence-corrected chi connectivity index (χ1v) is 8.95. The van der Waals surface area contributed by atoms with Gasteiger partial charge in [0.05, 0.1) is 17.5 Å². The number of benzene rings is 1. The van der Waals surface area contributed by atoms with Crippen molar-refractivity contribution in [3.63, 3.8) is 0 Å². The highest BCUT2D eigenvalue weighted by Crippen LogP contribution is 2.32. The largest absolute Gasteiger partial charge is 0.481 e. The van der Waals surface area contributed by atoms with Gasteiger partial charge in [0.1, 0.15) is 11.7 Å². The van der Waals surface area contributed by atoms with Gasteiger partial charge in [-0.3, -0.25) is 4.79 Å². The molecule has 0 amide bonds. The van der Waals surface area contributed by atoms with Crippen molar-refractivity contribution < 1.29 is 23.1 Å². The average molecular weight is 415 g/mol. The van der Waals surface area contributed by atoms with Crippen molar-refractivity contribution in [2.24, 2.45) is 7.05 Å². The molecule has 1 atom stereocenters. The van der Waals surface area contributed by atoms with E-state index in [9.17, 15) is 23.1 Å². The van der Waals surface area contributed by atoms with Gasteiger partial charge >= 0.3 is 12.1 Å². The molecule has 0 aliphatic rings. The SMILES string of the molecule is Cn1ccnc1CC(C(=O)O)c1ccnc2c(-c3ccc(C(F)(F)F)cc3)cnn12. The molecule has 0 radical (unpaired) electrons. The fraction of sp³-hybridized carbons (Fsp3) is 0.200. The molecule has 4 aromatic rings. The van der Waals surface area contributed by atoms with Crippen LogP contribution in [0.1, 0.15) is 23.0 Å². The third-order valence-corrected chi connectivity index (χ3v) is 4.92. The van der Waals surface area contributed by atoms with Crippen molar-refractivity contribution in [1.29, 1.82) is 0 Å². The van der Waals surface area contributed by atoms with Crippen LogP contribution < -0.4 is 0 Å². The Labute approximate surface area is 168 Å². The number of imidazole rings is 1. The lowest BCUT2D eigenvalue weighted by Gasteiger charge is -2.14. The number of carbonyl (C=O) groups is 1. The van der Waals surface area contributed by atoms with Crippen LogP contribution in [0.4, 0.5) is 13.2 Å². The van der Waals surface area contributed by atoms with Crippen LogP contribution in [-0.2, 0) is 24.4 Å². The smallest absolute Gasteiger partial charge is 0.416 e. The maximum Gasteiger partial charge on any atom is 0.416 e. The zero-order valence-electron chi connectivity index (χ0n) is 15.7. The monoisotopic (exact) mass is 415 g/mol. The molecule has 154 valence electrons. The molecular formula is C20H16F3N5O2. The molecule has 0 bridgehead atoms. The molecule has 0 saturated carbocycles. The molecule has 3 heterocycles. The van der Waals surface area contributed by atoms with Crippen LogP contribution in [-0.4, -0.2) is 35.2 Å². The lowest BCUT2D eigenvalue weighted by atomic mass is 10.0. The second-order valence-corrected chi connectivity index (χ2v) is 6.79. The molecule has 1 aromatic carbocycles. The molecule has 0 fully saturated rings. The number of hydrogen-bond acceptors (Lipinski definition) is 4. The van der Waals surface area contributed by atoms with Crippen LogP contribution in [0.5, 0.6) is 0 Å². The van der Waals surface area contributed by atoms with E-state index in [2.05, 4.69) is 15.1 Å². The fourth-order valence-electron chi connectivity index (χ4n) is 3.31. The van der Waals surface area contributed by atoms with E-state index >= 15 is 0 Å². The lowest BCUT2D eigenvalue weighted by Crippen LogP contribution is -2.20. The van der Waals surface area contributed by atoms with Crippen LogP contribution in [0.2, 0.25) is 0 Å². The van der Waals surface area contributed by atoms with Crippen LogP contribution in [0.3, 0.4) is 0 Å². The van der Waals surface area contributed by atoms with Crippen LogP contribution in [0, 0.1) is 0 Å². The van der Waals surface area contributed by atoms with Crippen LogP contribution in [0.15, 0.2) is 55.1 Å². The van der Waals surface area contributed by atoms with Gasteiger partial charge in [-0.1, -0.05) is 12.1 Å². The summed E-state index contributed by atoms with van der Waals surface area (Å²) >= 11 is 0. The minimum absolute atomic E-state index is 0.146. The van der Waals surface area contributed by atoms with Crippen molar-refractivity contribution in [2.75, 3.05) is 0 Å². The molecule has 30 heavy (non-hydrogen) atoms. The maximum atomic E-state index is 12.8. The molecule has 4 rings (SSSR count). The summed E-state index contributed by atoms with van der Waals surface area (Å²) in [5.74, 6) is -1.38. The van der Waals surface area contributed by atoms with Crippen molar-refractivity contribution in [2.45, 2.75) is 18.5 Å². The summed E-state index contributed by atoms with van der Waals surface area (Å²) in [6.45, 7) is 0. The van der Waals surface area contributed by atoms with Crippen molar-refractivity contribution in [1.82, 2.24) is 24.1 Å². The van der Waals surface area contributed by atoms with Gasteiger partial charge in [-0.25, -0.2) is 14.5 Å². The lowest BCUT2D eigenvalue weighted by molar-refractivity contribution is -0.139. The van der Waals surface area contributed by atoms with E-state index in [0.29, 0.717) is 28.3 Å². The summed E-state index contributed by atoms with van der Waals surface area (Å²) in [4.78, 5) is 20.4.